The molecule has 0 unspecified atom stereocenters. The number of hydrogen-bond acceptors (Lipinski definition) is 3. The first-order valence-corrected chi connectivity index (χ1v) is 7.19. The number of nitrogens with zero attached hydrogens (tertiary/aromatic N) is 1. The number of carbonyl (C=O) groups excluding carboxylic acids is 2. The number of carbonyl (C=O) groups is 2. The van der Waals surface area contributed by atoms with E-state index in [9.17, 15) is 14.4 Å². The molecule has 112 valence electrons. The molecule has 1 N–H and O–H groups in total. The molecule has 1 aliphatic rings. The Labute approximate surface area is 131 Å². The largest absolute Gasteiger partial charge is 0.288 e. The van der Waals surface area contributed by atoms with Gasteiger partial charge in [-0.1, -0.05) is 42.5 Å². The van der Waals surface area contributed by atoms with Gasteiger partial charge in [0, 0.05) is 11.1 Å². The Morgan fingerprint density at radius 2 is 1.43 bits per heavy atom. The maximum absolute atomic E-state index is 12.7. The molecule has 2 aromatic carbocycles. The Balaban J connectivity index is 2.01. The summed E-state index contributed by atoms with van der Waals surface area (Å²) in [7, 11) is 0. The molecule has 0 spiro atoms. The monoisotopic (exact) mass is 304 g/mol. The third-order valence-electron chi connectivity index (χ3n) is 4.12. The zero-order valence-electron chi connectivity index (χ0n) is 12.3. The van der Waals surface area contributed by atoms with E-state index in [0.717, 1.165) is 5.56 Å². The van der Waals surface area contributed by atoms with E-state index >= 15 is 0 Å². The highest BCUT2D eigenvalue weighted by Crippen LogP contribution is 2.25. The molecule has 1 aromatic heterocycles. The summed E-state index contributed by atoms with van der Waals surface area (Å²) >= 11 is 0. The number of fused-ring (bicyclic) bond motifs is 2. The summed E-state index contributed by atoms with van der Waals surface area (Å²) in [6, 6.07) is 13.8. The number of rotatable bonds is 1. The van der Waals surface area contributed by atoms with Gasteiger partial charge in [-0.2, -0.15) is 0 Å². The highest BCUT2D eigenvalue weighted by atomic mass is 16.2. The first kappa shape index (κ1) is 13.5. The molecule has 1 heterocycles. The van der Waals surface area contributed by atoms with E-state index in [0.29, 0.717) is 11.3 Å². The van der Waals surface area contributed by atoms with Crippen molar-refractivity contribution in [2.24, 2.45) is 0 Å². The highest BCUT2D eigenvalue weighted by molar-refractivity contribution is 6.27. The highest BCUT2D eigenvalue weighted by Gasteiger charge is 2.34. The minimum absolute atomic E-state index is 0.0574. The number of nitrogens with one attached hydrogen (secondary N) is 1. The number of hydrogen-bond donors (Lipinski definition) is 1. The van der Waals surface area contributed by atoms with Crippen LogP contribution >= 0.6 is 0 Å². The molecule has 4 rings (SSSR count). The van der Waals surface area contributed by atoms with Gasteiger partial charge < -0.3 is 0 Å². The van der Waals surface area contributed by atoms with Crippen LogP contribution in [0.1, 0.15) is 37.5 Å². The summed E-state index contributed by atoms with van der Waals surface area (Å²) in [4.78, 5) is 37.9. The molecule has 3 aromatic rings. The number of aromatic amines is 1. The maximum Gasteiger partial charge on any atom is 0.283 e. The second-order valence-corrected chi connectivity index (χ2v) is 5.49. The number of aromatic nitrogens is 2. The quantitative estimate of drug-likeness (QED) is 0.586. The molecule has 0 saturated heterocycles. The molecular formula is C18H12N2O3. The molecule has 0 bridgehead atoms. The van der Waals surface area contributed by atoms with Gasteiger partial charge in [-0.05, 0) is 18.6 Å². The van der Waals surface area contributed by atoms with Crippen LogP contribution in [0.15, 0.2) is 53.3 Å². The fraction of sp³-hybridized carbons (Fsp3) is 0.0556. The molecular weight excluding hydrogens is 292 g/mol. The Bertz CT molecular complexity index is 1040. The second kappa shape index (κ2) is 4.64. The molecule has 5 nitrogen and oxygen atoms in total. The van der Waals surface area contributed by atoms with Crippen molar-refractivity contribution in [3.63, 3.8) is 0 Å². The number of para-hydroxylation sites is 1. The lowest BCUT2D eigenvalue weighted by molar-refractivity contribution is 0.0976. The van der Waals surface area contributed by atoms with Crippen LogP contribution in [0.2, 0.25) is 0 Å². The minimum Gasteiger partial charge on any atom is -0.288 e. The first-order valence-electron chi connectivity index (χ1n) is 7.19. The zero-order valence-corrected chi connectivity index (χ0v) is 12.3. The fourth-order valence-electron chi connectivity index (χ4n) is 2.94. The Kier molecular flexibility index (Phi) is 2.72. The van der Waals surface area contributed by atoms with Crippen molar-refractivity contribution in [1.29, 1.82) is 0 Å². The average Bonchev–Trinajstić information content (AvgIpc) is 2.91. The van der Waals surface area contributed by atoms with Crippen molar-refractivity contribution in [3.05, 3.63) is 86.8 Å². The van der Waals surface area contributed by atoms with Crippen molar-refractivity contribution in [2.75, 3.05) is 0 Å². The number of aryl methyl sites for hydroxylation is 1. The third-order valence-corrected chi connectivity index (χ3v) is 4.12. The summed E-state index contributed by atoms with van der Waals surface area (Å²) < 4.78 is 1.27. The van der Waals surface area contributed by atoms with Gasteiger partial charge in [0.1, 0.15) is 11.3 Å². The first-order chi connectivity index (χ1) is 11.1. The summed E-state index contributed by atoms with van der Waals surface area (Å²) in [6.07, 6.45) is 0. The molecule has 0 amide bonds. The van der Waals surface area contributed by atoms with Gasteiger partial charge in [0.2, 0.25) is 11.6 Å². The normalized spacial score (nSPS) is 12.9. The van der Waals surface area contributed by atoms with Crippen LogP contribution < -0.4 is 5.56 Å². The summed E-state index contributed by atoms with van der Waals surface area (Å²) in [6.45, 7) is 1.86. The van der Waals surface area contributed by atoms with Crippen molar-refractivity contribution in [2.45, 2.75) is 6.92 Å². The number of benzene rings is 2. The molecule has 0 saturated carbocycles. The molecule has 1 aliphatic carbocycles. The van der Waals surface area contributed by atoms with Crippen LogP contribution in [0, 0.1) is 6.92 Å². The van der Waals surface area contributed by atoms with Crippen LogP contribution in [0.5, 0.6) is 0 Å². The maximum atomic E-state index is 12.7. The average molecular weight is 304 g/mol. The number of ketones is 2. The van der Waals surface area contributed by atoms with Crippen molar-refractivity contribution in [1.82, 2.24) is 9.78 Å². The Morgan fingerprint density at radius 1 is 0.826 bits per heavy atom. The van der Waals surface area contributed by atoms with Gasteiger partial charge in [0.15, 0.2) is 0 Å². The molecule has 0 atom stereocenters. The molecule has 0 aliphatic heterocycles. The second-order valence-electron chi connectivity index (χ2n) is 5.49. The minimum atomic E-state index is -0.498. The van der Waals surface area contributed by atoms with Gasteiger partial charge in [0.25, 0.3) is 5.56 Å². The fourth-order valence-corrected chi connectivity index (χ4v) is 2.94. The van der Waals surface area contributed by atoms with E-state index in [4.69, 9.17) is 0 Å². The smallest absolute Gasteiger partial charge is 0.283 e. The van der Waals surface area contributed by atoms with Gasteiger partial charge in [-0.25, -0.2) is 4.68 Å². The molecule has 0 radical (unpaired) electrons. The third kappa shape index (κ3) is 1.76. The van der Waals surface area contributed by atoms with E-state index in [2.05, 4.69) is 5.10 Å². The Hall–Kier alpha value is -3.21. The lowest BCUT2D eigenvalue weighted by Crippen LogP contribution is -2.26. The Morgan fingerprint density at radius 3 is 2.13 bits per heavy atom. The molecule has 5 heteroatoms. The summed E-state index contributed by atoms with van der Waals surface area (Å²) in [5.74, 6) is -0.747. The lowest BCUT2D eigenvalue weighted by atomic mass is 9.88. The van der Waals surface area contributed by atoms with Crippen LogP contribution in [-0.2, 0) is 0 Å². The zero-order chi connectivity index (χ0) is 16.1. The van der Waals surface area contributed by atoms with Gasteiger partial charge in [-0.15, -0.1) is 0 Å². The van der Waals surface area contributed by atoms with E-state index in [1.54, 1.807) is 36.4 Å². The predicted molar refractivity (Wildman–Crippen MR) is 84.4 cm³/mol. The van der Waals surface area contributed by atoms with Crippen molar-refractivity contribution >= 4 is 11.6 Å². The SMILES string of the molecule is Cc1ccccc1-n1[nH]c2c(c1=O)C(=O)c1ccccc1C2=O. The lowest BCUT2D eigenvalue weighted by Gasteiger charge is -2.11. The van der Waals surface area contributed by atoms with E-state index in [-0.39, 0.29) is 22.6 Å². The van der Waals surface area contributed by atoms with E-state index < -0.39 is 11.3 Å². The van der Waals surface area contributed by atoms with Crippen molar-refractivity contribution in [3.8, 4) is 5.69 Å². The van der Waals surface area contributed by atoms with E-state index in [1.807, 2.05) is 19.1 Å². The van der Waals surface area contributed by atoms with Crippen molar-refractivity contribution < 1.29 is 9.59 Å². The predicted octanol–water partition coefficient (Wildman–Crippen LogP) is 2.25. The van der Waals surface area contributed by atoms with Gasteiger partial charge in [-0.3, -0.25) is 19.5 Å². The summed E-state index contributed by atoms with van der Waals surface area (Å²) in [5.41, 5.74) is 1.56. The molecule has 23 heavy (non-hydrogen) atoms. The van der Waals surface area contributed by atoms with Gasteiger partial charge in [0.05, 0.1) is 5.69 Å². The summed E-state index contributed by atoms with van der Waals surface area (Å²) in [5, 5.41) is 2.81. The van der Waals surface area contributed by atoms with Gasteiger partial charge >= 0.3 is 0 Å². The number of H-pyrrole nitrogens is 1. The topological polar surface area (TPSA) is 71.9 Å². The van der Waals surface area contributed by atoms with Crippen LogP contribution in [0.3, 0.4) is 0 Å². The van der Waals surface area contributed by atoms with Crippen LogP contribution in [-0.4, -0.2) is 21.3 Å². The van der Waals surface area contributed by atoms with Crippen LogP contribution in [0.4, 0.5) is 0 Å². The van der Waals surface area contributed by atoms with E-state index in [1.165, 1.54) is 4.68 Å². The standard InChI is InChI=1S/C18H12N2O3/c1-10-6-2-5-9-13(10)20-18(23)14-15(19-20)17(22)12-8-4-3-7-11(12)16(14)21/h2-9,19H,1H3. The molecule has 0 fully saturated rings. The van der Waals surface area contributed by atoms with Crippen LogP contribution in [0.25, 0.3) is 5.69 Å².